The molecule has 0 atom stereocenters. The van der Waals surface area contributed by atoms with Gasteiger partial charge in [0.15, 0.2) is 6.29 Å². The van der Waals surface area contributed by atoms with Crippen molar-refractivity contribution in [2.24, 2.45) is 0 Å². The first-order valence-electron chi connectivity index (χ1n) is 3.52. The summed E-state index contributed by atoms with van der Waals surface area (Å²) in [5.41, 5.74) is 0.110. The molecule has 14 heavy (non-hydrogen) atoms. The third kappa shape index (κ3) is 1.80. The highest BCUT2D eigenvalue weighted by Crippen LogP contribution is 2.20. The predicted octanol–water partition coefficient (Wildman–Crippen LogP) is 1.83. The van der Waals surface area contributed by atoms with Crippen molar-refractivity contribution in [3.63, 3.8) is 0 Å². The molecule has 1 rings (SSSR count). The molecular formula is C9H4BrNO3. The number of rotatable bonds is 2. The van der Waals surface area contributed by atoms with Gasteiger partial charge in [-0.3, -0.25) is 4.79 Å². The van der Waals surface area contributed by atoms with E-state index < -0.39 is 5.97 Å². The molecule has 0 amide bonds. The van der Waals surface area contributed by atoms with Crippen LogP contribution < -0.4 is 0 Å². The van der Waals surface area contributed by atoms with Crippen molar-refractivity contribution in [2.75, 3.05) is 0 Å². The van der Waals surface area contributed by atoms with Crippen LogP contribution in [-0.2, 0) is 0 Å². The molecule has 0 spiro atoms. The van der Waals surface area contributed by atoms with E-state index in [9.17, 15) is 9.59 Å². The fourth-order valence-corrected chi connectivity index (χ4v) is 1.39. The third-order valence-corrected chi connectivity index (χ3v) is 2.30. The van der Waals surface area contributed by atoms with Gasteiger partial charge < -0.3 is 5.11 Å². The molecule has 5 heteroatoms. The molecule has 0 saturated heterocycles. The monoisotopic (exact) mass is 253 g/mol. The average molecular weight is 254 g/mol. The van der Waals surface area contributed by atoms with E-state index in [1.165, 1.54) is 12.1 Å². The quantitative estimate of drug-likeness (QED) is 0.816. The molecule has 70 valence electrons. The Bertz CT molecular complexity index is 448. The standard InChI is InChI=1S/C9H4BrNO3/c10-8-2-7(9(13)14)5(3-11)1-6(8)4-12/h1-2,4H,(H,13,14). The number of carbonyl (C=O) groups is 2. The average Bonchev–Trinajstić information content (AvgIpc) is 2.17. The van der Waals surface area contributed by atoms with E-state index in [2.05, 4.69) is 15.9 Å². The van der Waals surface area contributed by atoms with Crippen molar-refractivity contribution in [3.8, 4) is 6.07 Å². The van der Waals surface area contributed by atoms with Gasteiger partial charge >= 0.3 is 5.97 Å². The van der Waals surface area contributed by atoms with Crippen LogP contribution in [0.4, 0.5) is 0 Å². The minimum Gasteiger partial charge on any atom is -0.478 e. The highest BCUT2D eigenvalue weighted by atomic mass is 79.9. The predicted molar refractivity (Wildman–Crippen MR) is 51.2 cm³/mol. The van der Waals surface area contributed by atoms with Gasteiger partial charge in [-0.05, 0) is 12.1 Å². The molecule has 0 aromatic heterocycles. The van der Waals surface area contributed by atoms with Gasteiger partial charge in [0.2, 0.25) is 0 Å². The molecule has 0 saturated carbocycles. The summed E-state index contributed by atoms with van der Waals surface area (Å²) in [7, 11) is 0. The summed E-state index contributed by atoms with van der Waals surface area (Å²) in [6.07, 6.45) is 0.552. The van der Waals surface area contributed by atoms with Gasteiger partial charge in [-0.2, -0.15) is 5.26 Å². The van der Waals surface area contributed by atoms with Crippen LogP contribution in [-0.4, -0.2) is 17.4 Å². The van der Waals surface area contributed by atoms with Gasteiger partial charge in [0.05, 0.1) is 11.1 Å². The van der Waals surface area contributed by atoms with Gasteiger partial charge in [-0.15, -0.1) is 0 Å². The molecule has 4 nitrogen and oxygen atoms in total. The number of hydrogen-bond donors (Lipinski definition) is 1. The molecule has 0 radical (unpaired) electrons. The molecule has 0 aliphatic carbocycles. The number of carbonyl (C=O) groups excluding carboxylic acids is 1. The SMILES string of the molecule is N#Cc1cc(C=O)c(Br)cc1C(=O)O. The molecule has 1 aromatic carbocycles. The molecule has 1 aromatic rings. The molecule has 0 heterocycles. The number of carboxylic acid groups (broad SMARTS) is 1. The number of carboxylic acids is 1. The number of nitrogens with zero attached hydrogens (tertiary/aromatic N) is 1. The van der Waals surface area contributed by atoms with Crippen LogP contribution in [0.1, 0.15) is 26.3 Å². The second-order valence-electron chi connectivity index (χ2n) is 2.45. The lowest BCUT2D eigenvalue weighted by Gasteiger charge is -2.01. The Morgan fingerprint density at radius 2 is 2.21 bits per heavy atom. The highest BCUT2D eigenvalue weighted by molar-refractivity contribution is 9.10. The summed E-state index contributed by atoms with van der Waals surface area (Å²) < 4.78 is 0.365. The van der Waals surface area contributed by atoms with Crippen molar-refractivity contribution in [1.29, 1.82) is 5.26 Å². The first-order valence-corrected chi connectivity index (χ1v) is 4.31. The Balaban J connectivity index is 3.48. The molecule has 0 bridgehead atoms. The van der Waals surface area contributed by atoms with Gasteiger partial charge in [-0.1, -0.05) is 15.9 Å². The summed E-state index contributed by atoms with van der Waals surface area (Å²) in [5, 5.41) is 17.4. The number of aldehydes is 1. The molecule has 0 aliphatic heterocycles. The largest absolute Gasteiger partial charge is 0.478 e. The molecule has 0 aliphatic rings. The van der Waals surface area contributed by atoms with Gasteiger partial charge in [-0.25, -0.2) is 4.79 Å². The Hall–Kier alpha value is -1.67. The molecular weight excluding hydrogens is 250 g/mol. The maximum absolute atomic E-state index is 10.7. The lowest BCUT2D eigenvalue weighted by Crippen LogP contribution is -2.01. The van der Waals surface area contributed by atoms with E-state index in [0.717, 1.165) is 0 Å². The number of aromatic carboxylic acids is 1. The fraction of sp³-hybridized carbons (Fsp3) is 0. The van der Waals surface area contributed by atoms with E-state index in [1.54, 1.807) is 6.07 Å². The number of benzene rings is 1. The van der Waals surface area contributed by atoms with Crippen LogP contribution in [0.2, 0.25) is 0 Å². The number of halogens is 1. The van der Waals surface area contributed by atoms with E-state index >= 15 is 0 Å². The van der Waals surface area contributed by atoms with E-state index in [0.29, 0.717) is 10.8 Å². The van der Waals surface area contributed by atoms with Crippen LogP contribution in [0.15, 0.2) is 16.6 Å². The van der Waals surface area contributed by atoms with Gasteiger partial charge in [0, 0.05) is 10.0 Å². The minimum atomic E-state index is -1.19. The Morgan fingerprint density at radius 3 is 2.64 bits per heavy atom. The topological polar surface area (TPSA) is 78.2 Å². The maximum Gasteiger partial charge on any atom is 0.337 e. The third-order valence-electron chi connectivity index (χ3n) is 1.61. The first-order chi connectivity index (χ1) is 6.60. The van der Waals surface area contributed by atoms with Crippen molar-refractivity contribution in [3.05, 3.63) is 33.3 Å². The zero-order chi connectivity index (χ0) is 10.7. The van der Waals surface area contributed by atoms with Crippen molar-refractivity contribution >= 4 is 28.2 Å². The smallest absolute Gasteiger partial charge is 0.337 e. The Morgan fingerprint density at radius 1 is 1.57 bits per heavy atom. The zero-order valence-electron chi connectivity index (χ0n) is 6.82. The van der Waals surface area contributed by atoms with Crippen LogP contribution in [0.5, 0.6) is 0 Å². The summed E-state index contributed by atoms with van der Waals surface area (Å²) in [6, 6.07) is 4.20. The summed E-state index contributed by atoms with van der Waals surface area (Å²) in [4.78, 5) is 21.2. The molecule has 0 unspecified atom stereocenters. The lowest BCUT2D eigenvalue weighted by atomic mass is 10.1. The van der Waals surface area contributed by atoms with Gasteiger partial charge in [0.1, 0.15) is 6.07 Å². The van der Waals surface area contributed by atoms with E-state index in [-0.39, 0.29) is 16.7 Å². The second kappa shape index (κ2) is 4.03. The first kappa shape index (κ1) is 10.4. The van der Waals surface area contributed by atoms with Gasteiger partial charge in [0.25, 0.3) is 0 Å². The fourth-order valence-electron chi connectivity index (χ4n) is 0.950. The summed E-state index contributed by atoms with van der Waals surface area (Å²) in [6.45, 7) is 0. The number of hydrogen-bond acceptors (Lipinski definition) is 3. The summed E-state index contributed by atoms with van der Waals surface area (Å²) in [5.74, 6) is -1.19. The van der Waals surface area contributed by atoms with E-state index in [1.807, 2.05) is 0 Å². The summed E-state index contributed by atoms with van der Waals surface area (Å²) >= 11 is 3.03. The van der Waals surface area contributed by atoms with Crippen molar-refractivity contribution < 1.29 is 14.7 Å². The molecule has 0 fully saturated rings. The second-order valence-corrected chi connectivity index (χ2v) is 3.31. The maximum atomic E-state index is 10.7. The minimum absolute atomic E-state index is 0.0252. The van der Waals surface area contributed by atoms with Crippen LogP contribution in [0.3, 0.4) is 0 Å². The zero-order valence-corrected chi connectivity index (χ0v) is 8.41. The van der Waals surface area contributed by atoms with Crippen molar-refractivity contribution in [1.82, 2.24) is 0 Å². The van der Waals surface area contributed by atoms with Crippen molar-refractivity contribution in [2.45, 2.75) is 0 Å². The lowest BCUT2D eigenvalue weighted by molar-refractivity contribution is 0.0696. The number of nitriles is 1. The molecule has 1 N–H and O–H groups in total. The van der Waals surface area contributed by atoms with Crippen LogP contribution in [0.25, 0.3) is 0 Å². The van der Waals surface area contributed by atoms with Crippen LogP contribution in [0, 0.1) is 11.3 Å². The van der Waals surface area contributed by atoms with Crippen LogP contribution >= 0.6 is 15.9 Å². The Kier molecular flexibility index (Phi) is 2.99. The van der Waals surface area contributed by atoms with E-state index in [4.69, 9.17) is 10.4 Å². The Labute approximate surface area is 87.9 Å². The highest BCUT2D eigenvalue weighted by Gasteiger charge is 2.13. The normalized spacial score (nSPS) is 9.14.